The smallest absolute Gasteiger partial charge is 0.313 e. The van der Waals surface area contributed by atoms with Crippen LogP contribution in [-0.4, -0.2) is 17.0 Å². The van der Waals surface area contributed by atoms with E-state index in [1.54, 1.807) is 13.8 Å². The fourth-order valence-electron chi connectivity index (χ4n) is 3.42. The van der Waals surface area contributed by atoms with Crippen LogP contribution in [0.3, 0.4) is 0 Å². The lowest BCUT2D eigenvalue weighted by molar-refractivity contribution is -0.136. The molecular weight excluding hydrogens is 318 g/mol. The first-order valence-corrected chi connectivity index (χ1v) is 8.44. The number of benzene rings is 1. The van der Waals surface area contributed by atoms with Crippen LogP contribution < -0.4 is 10.6 Å². The molecule has 1 aliphatic rings. The topological polar surface area (TPSA) is 84.2 Å². The number of nitrogens with one attached hydrogen (secondary N) is 2. The quantitative estimate of drug-likeness (QED) is 0.822. The summed E-state index contributed by atoms with van der Waals surface area (Å²) in [7, 11) is 0. The van der Waals surface area contributed by atoms with Crippen LogP contribution in [0.25, 0.3) is 0 Å². The predicted octanol–water partition coefficient (Wildman–Crippen LogP) is 3.16. The third-order valence-corrected chi connectivity index (χ3v) is 4.91. The number of carbonyl (C=O) groups excluding carboxylic acids is 2. The van der Waals surface area contributed by atoms with E-state index < -0.39 is 11.8 Å². The number of amides is 2. The Kier molecular flexibility index (Phi) is 4.37. The van der Waals surface area contributed by atoms with E-state index in [1.807, 2.05) is 18.2 Å². The standard InChI is InChI=1S/C19H23N3O3/c1-11-16(12(2)25-22-11)21-18(24)17(23)20-15-9-10-19(3,4)14-8-6-5-7-13(14)15/h5-8,15H,9-10H2,1-4H3,(H,20,23)(H,21,24). The van der Waals surface area contributed by atoms with Gasteiger partial charge in [-0.25, -0.2) is 0 Å². The highest BCUT2D eigenvalue weighted by Crippen LogP contribution is 2.41. The van der Waals surface area contributed by atoms with Crippen LogP contribution in [0.1, 0.15) is 55.3 Å². The first-order valence-electron chi connectivity index (χ1n) is 8.44. The van der Waals surface area contributed by atoms with Crippen LogP contribution in [0.2, 0.25) is 0 Å². The first-order chi connectivity index (χ1) is 11.8. The normalized spacial score (nSPS) is 18.3. The molecule has 0 saturated carbocycles. The number of anilines is 1. The van der Waals surface area contributed by atoms with Gasteiger partial charge in [0, 0.05) is 0 Å². The second-order valence-electron chi connectivity index (χ2n) is 7.19. The number of fused-ring (bicyclic) bond motifs is 1. The Labute approximate surface area is 147 Å². The summed E-state index contributed by atoms with van der Waals surface area (Å²) in [6.07, 6.45) is 1.74. The molecule has 6 heteroatoms. The molecule has 1 aliphatic carbocycles. The summed E-state index contributed by atoms with van der Waals surface area (Å²) in [4.78, 5) is 24.6. The van der Waals surface area contributed by atoms with Gasteiger partial charge in [-0.3, -0.25) is 9.59 Å². The Morgan fingerprint density at radius 3 is 2.60 bits per heavy atom. The highest BCUT2D eigenvalue weighted by molar-refractivity contribution is 6.39. The summed E-state index contributed by atoms with van der Waals surface area (Å²) in [5.74, 6) is -0.889. The van der Waals surface area contributed by atoms with Gasteiger partial charge in [-0.2, -0.15) is 0 Å². The highest BCUT2D eigenvalue weighted by atomic mass is 16.5. The summed E-state index contributed by atoms with van der Waals surface area (Å²) >= 11 is 0. The van der Waals surface area contributed by atoms with Gasteiger partial charge < -0.3 is 15.2 Å². The van der Waals surface area contributed by atoms with Crippen molar-refractivity contribution < 1.29 is 14.1 Å². The minimum atomic E-state index is -0.711. The summed E-state index contributed by atoms with van der Waals surface area (Å²) in [6, 6.07) is 7.93. The van der Waals surface area contributed by atoms with Crippen LogP contribution >= 0.6 is 0 Å². The molecule has 0 bridgehead atoms. The molecule has 1 atom stereocenters. The van der Waals surface area contributed by atoms with Gasteiger partial charge in [0.05, 0.1) is 6.04 Å². The van der Waals surface area contributed by atoms with Gasteiger partial charge in [0.1, 0.15) is 11.4 Å². The maximum absolute atomic E-state index is 12.4. The summed E-state index contributed by atoms with van der Waals surface area (Å²) in [5, 5.41) is 9.21. The van der Waals surface area contributed by atoms with Gasteiger partial charge in [0.25, 0.3) is 0 Å². The summed E-state index contributed by atoms with van der Waals surface area (Å²) in [5.41, 5.74) is 3.36. The molecule has 132 valence electrons. The second-order valence-corrected chi connectivity index (χ2v) is 7.19. The third kappa shape index (κ3) is 3.29. The van der Waals surface area contributed by atoms with E-state index in [0.717, 1.165) is 18.4 Å². The van der Waals surface area contributed by atoms with E-state index in [1.165, 1.54) is 5.56 Å². The van der Waals surface area contributed by atoms with Crippen LogP contribution in [0, 0.1) is 13.8 Å². The minimum absolute atomic E-state index is 0.0662. The van der Waals surface area contributed by atoms with Gasteiger partial charge in [-0.05, 0) is 43.2 Å². The molecule has 1 aromatic carbocycles. The minimum Gasteiger partial charge on any atom is -0.359 e. The van der Waals surface area contributed by atoms with Gasteiger partial charge in [-0.15, -0.1) is 0 Å². The number of carbonyl (C=O) groups is 2. The third-order valence-electron chi connectivity index (χ3n) is 4.91. The molecule has 0 spiro atoms. The van der Waals surface area contributed by atoms with E-state index >= 15 is 0 Å². The van der Waals surface area contributed by atoms with Gasteiger partial charge in [0.15, 0.2) is 5.76 Å². The molecule has 3 rings (SSSR count). The molecule has 0 radical (unpaired) electrons. The average molecular weight is 341 g/mol. The molecule has 1 heterocycles. The number of nitrogens with zero attached hydrogens (tertiary/aromatic N) is 1. The number of hydrogen-bond donors (Lipinski definition) is 2. The van der Waals surface area contributed by atoms with E-state index in [-0.39, 0.29) is 11.5 Å². The summed E-state index contributed by atoms with van der Waals surface area (Å²) in [6.45, 7) is 7.80. The Morgan fingerprint density at radius 1 is 1.20 bits per heavy atom. The van der Waals surface area contributed by atoms with Crippen LogP contribution in [-0.2, 0) is 15.0 Å². The van der Waals surface area contributed by atoms with Crippen molar-refractivity contribution in [3.8, 4) is 0 Å². The van der Waals surface area contributed by atoms with Crippen LogP contribution in [0.5, 0.6) is 0 Å². The number of aryl methyl sites for hydroxylation is 2. The SMILES string of the molecule is Cc1noc(C)c1NC(=O)C(=O)NC1CCC(C)(C)c2ccccc21. The molecule has 2 aromatic rings. The fraction of sp³-hybridized carbons (Fsp3) is 0.421. The first kappa shape index (κ1) is 17.2. The number of rotatable bonds is 2. The molecule has 1 aromatic heterocycles. The fourth-order valence-corrected chi connectivity index (χ4v) is 3.42. The largest absolute Gasteiger partial charge is 0.359 e. The molecule has 0 fully saturated rings. The molecule has 0 saturated heterocycles. The van der Waals surface area contributed by atoms with E-state index in [4.69, 9.17) is 4.52 Å². The molecule has 1 unspecified atom stereocenters. The van der Waals surface area contributed by atoms with Gasteiger partial charge in [0.2, 0.25) is 0 Å². The lowest BCUT2D eigenvalue weighted by Gasteiger charge is -2.37. The lowest BCUT2D eigenvalue weighted by Crippen LogP contribution is -2.41. The number of hydrogen-bond acceptors (Lipinski definition) is 4. The van der Waals surface area contributed by atoms with Crippen molar-refractivity contribution in [1.29, 1.82) is 0 Å². The Balaban J connectivity index is 1.74. The van der Waals surface area contributed by atoms with Crippen molar-refractivity contribution in [2.24, 2.45) is 0 Å². The van der Waals surface area contributed by atoms with Crippen molar-refractivity contribution >= 4 is 17.5 Å². The zero-order valence-electron chi connectivity index (χ0n) is 15.0. The van der Waals surface area contributed by atoms with Crippen molar-refractivity contribution in [2.75, 3.05) is 5.32 Å². The molecule has 2 amide bonds. The maximum atomic E-state index is 12.4. The van der Waals surface area contributed by atoms with Crippen molar-refractivity contribution in [3.05, 3.63) is 46.8 Å². The molecular formula is C19H23N3O3. The van der Waals surface area contributed by atoms with Crippen LogP contribution in [0.4, 0.5) is 5.69 Å². The van der Waals surface area contributed by atoms with Crippen molar-refractivity contribution in [2.45, 2.75) is 52.0 Å². The summed E-state index contributed by atoms with van der Waals surface area (Å²) < 4.78 is 5.00. The molecule has 0 aliphatic heterocycles. The van der Waals surface area contributed by atoms with E-state index in [2.05, 4.69) is 35.7 Å². The second kappa shape index (κ2) is 6.35. The molecule has 25 heavy (non-hydrogen) atoms. The van der Waals surface area contributed by atoms with E-state index in [0.29, 0.717) is 17.1 Å². The van der Waals surface area contributed by atoms with Gasteiger partial charge >= 0.3 is 11.8 Å². The average Bonchev–Trinajstić information content (AvgIpc) is 2.89. The van der Waals surface area contributed by atoms with Crippen molar-refractivity contribution in [3.63, 3.8) is 0 Å². The number of aromatic nitrogens is 1. The predicted molar refractivity (Wildman–Crippen MR) is 94.2 cm³/mol. The van der Waals surface area contributed by atoms with Gasteiger partial charge in [-0.1, -0.05) is 43.3 Å². The zero-order chi connectivity index (χ0) is 18.2. The Hall–Kier alpha value is -2.63. The maximum Gasteiger partial charge on any atom is 0.313 e. The highest BCUT2D eigenvalue weighted by Gasteiger charge is 2.33. The van der Waals surface area contributed by atoms with Crippen molar-refractivity contribution in [1.82, 2.24) is 10.5 Å². The van der Waals surface area contributed by atoms with Crippen LogP contribution in [0.15, 0.2) is 28.8 Å². The van der Waals surface area contributed by atoms with E-state index in [9.17, 15) is 9.59 Å². The molecule has 6 nitrogen and oxygen atoms in total. The monoisotopic (exact) mass is 341 g/mol. The zero-order valence-corrected chi connectivity index (χ0v) is 15.0. The lowest BCUT2D eigenvalue weighted by atomic mass is 9.71. The Morgan fingerprint density at radius 2 is 1.92 bits per heavy atom. The molecule has 2 N–H and O–H groups in total. The Bertz CT molecular complexity index is 804.